The van der Waals surface area contributed by atoms with Crippen LogP contribution in [0.1, 0.15) is 5.69 Å². The maximum atomic E-state index is 5.57. The summed E-state index contributed by atoms with van der Waals surface area (Å²) in [7, 11) is 1.71. The third kappa shape index (κ3) is 1.79. The van der Waals surface area contributed by atoms with E-state index in [4.69, 9.17) is 9.84 Å². The lowest BCUT2D eigenvalue weighted by Crippen LogP contribution is -1.96. The Balaban J connectivity index is 2.19. The van der Waals surface area contributed by atoms with Gasteiger partial charge in [-0.15, -0.1) is 0 Å². The summed E-state index contributed by atoms with van der Waals surface area (Å²) < 4.78 is 7.59. The highest BCUT2D eigenvalue weighted by atomic mass is 16.5. The van der Waals surface area contributed by atoms with Crippen molar-refractivity contribution < 1.29 is 4.74 Å². The second-order valence-electron chi connectivity index (χ2n) is 5.35. The molecule has 4 aromatic rings. The van der Waals surface area contributed by atoms with E-state index in [1.54, 1.807) is 7.11 Å². The molecule has 0 radical (unpaired) electrons. The zero-order chi connectivity index (χ0) is 15.1. The van der Waals surface area contributed by atoms with Crippen LogP contribution in [0, 0.1) is 6.92 Å². The highest BCUT2D eigenvalue weighted by Gasteiger charge is 2.15. The number of rotatable bonds is 2. The predicted octanol–water partition coefficient (Wildman–Crippen LogP) is 4.50. The molecule has 22 heavy (non-hydrogen) atoms. The first-order chi connectivity index (χ1) is 10.8. The van der Waals surface area contributed by atoms with Gasteiger partial charge >= 0.3 is 0 Å². The van der Waals surface area contributed by atoms with Crippen LogP contribution < -0.4 is 4.74 Å². The highest BCUT2D eigenvalue weighted by Crippen LogP contribution is 2.35. The van der Waals surface area contributed by atoms with Crippen LogP contribution in [0.2, 0.25) is 0 Å². The molecule has 3 aromatic carbocycles. The molecule has 0 atom stereocenters. The number of ether oxygens (including phenoxy) is 1. The smallest absolute Gasteiger partial charge is 0.127 e. The molecule has 4 rings (SSSR count). The number of methoxy groups -OCH3 is 1. The molecule has 0 amide bonds. The molecule has 3 heteroatoms. The van der Waals surface area contributed by atoms with Crippen molar-refractivity contribution in [1.82, 2.24) is 9.78 Å². The molecular formula is C19H16N2O. The summed E-state index contributed by atoms with van der Waals surface area (Å²) in [5.41, 5.74) is 3.19. The van der Waals surface area contributed by atoms with Gasteiger partial charge in [-0.1, -0.05) is 42.5 Å². The molecule has 0 aliphatic carbocycles. The molecule has 0 aliphatic heterocycles. The van der Waals surface area contributed by atoms with E-state index in [1.165, 1.54) is 0 Å². The maximum Gasteiger partial charge on any atom is 0.127 e. The number of aryl methyl sites for hydroxylation is 1. The lowest BCUT2D eigenvalue weighted by atomic mass is 10.0. The quantitative estimate of drug-likeness (QED) is 0.543. The number of aromatic nitrogens is 2. The highest BCUT2D eigenvalue weighted by molar-refractivity contribution is 6.09. The topological polar surface area (TPSA) is 27.1 Å². The Kier molecular flexibility index (Phi) is 2.86. The van der Waals surface area contributed by atoms with Gasteiger partial charge in [0.05, 0.1) is 24.0 Å². The van der Waals surface area contributed by atoms with Gasteiger partial charge < -0.3 is 4.74 Å². The third-order valence-electron chi connectivity index (χ3n) is 4.05. The van der Waals surface area contributed by atoms with Crippen LogP contribution in [-0.2, 0) is 0 Å². The molecule has 3 nitrogen and oxygen atoms in total. The van der Waals surface area contributed by atoms with Gasteiger partial charge in [-0.2, -0.15) is 5.10 Å². The molecular weight excluding hydrogens is 272 g/mol. The van der Waals surface area contributed by atoms with Crippen molar-refractivity contribution in [3.8, 4) is 11.4 Å². The number of fused-ring (bicyclic) bond motifs is 3. The molecule has 0 spiro atoms. The van der Waals surface area contributed by atoms with Gasteiger partial charge in [-0.25, -0.2) is 4.68 Å². The summed E-state index contributed by atoms with van der Waals surface area (Å²) in [6.45, 7) is 2.04. The SMILES string of the molecule is COc1cc2c(C)nn(-c3ccccc3)c2c2ccccc12. The number of para-hydroxylation sites is 1. The molecule has 1 heterocycles. The van der Waals surface area contributed by atoms with Crippen LogP contribution in [0.3, 0.4) is 0 Å². The summed E-state index contributed by atoms with van der Waals surface area (Å²) in [6, 6.07) is 20.6. The Hall–Kier alpha value is -2.81. The van der Waals surface area contributed by atoms with Gasteiger partial charge in [0, 0.05) is 16.2 Å². The van der Waals surface area contributed by atoms with E-state index in [2.05, 4.69) is 36.4 Å². The van der Waals surface area contributed by atoms with Crippen molar-refractivity contribution in [2.45, 2.75) is 6.92 Å². The Labute approximate surface area is 128 Å². The molecule has 1 aromatic heterocycles. The minimum Gasteiger partial charge on any atom is -0.496 e. The van der Waals surface area contributed by atoms with E-state index in [1.807, 2.05) is 35.9 Å². The first-order valence-electron chi connectivity index (χ1n) is 7.30. The second kappa shape index (κ2) is 4.88. The standard InChI is InChI=1S/C19H16N2O/c1-13-17-12-18(22-2)15-10-6-7-11-16(15)19(17)21(20-13)14-8-4-3-5-9-14/h3-12H,1-2H3. The van der Waals surface area contributed by atoms with E-state index in [9.17, 15) is 0 Å². The fourth-order valence-corrected chi connectivity index (χ4v) is 3.01. The van der Waals surface area contributed by atoms with Crippen molar-refractivity contribution in [3.05, 3.63) is 66.4 Å². The predicted molar refractivity (Wildman–Crippen MR) is 89.9 cm³/mol. The van der Waals surface area contributed by atoms with Crippen LogP contribution in [0.5, 0.6) is 5.75 Å². The lowest BCUT2D eigenvalue weighted by Gasteiger charge is -2.09. The fourth-order valence-electron chi connectivity index (χ4n) is 3.01. The Morgan fingerprint density at radius 2 is 1.55 bits per heavy atom. The van der Waals surface area contributed by atoms with Crippen LogP contribution in [0.4, 0.5) is 0 Å². The zero-order valence-corrected chi connectivity index (χ0v) is 12.6. The number of nitrogens with zero attached hydrogens (tertiary/aromatic N) is 2. The third-order valence-corrected chi connectivity index (χ3v) is 4.05. The minimum absolute atomic E-state index is 0.888. The average molecular weight is 288 g/mol. The lowest BCUT2D eigenvalue weighted by molar-refractivity contribution is 0.420. The van der Waals surface area contributed by atoms with Crippen LogP contribution in [0.25, 0.3) is 27.4 Å². The van der Waals surface area contributed by atoms with Gasteiger partial charge in [0.1, 0.15) is 5.75 Å². The largest absolute Gasteiger partial charge is 0.496 e. The van der Waals surface area contributed by atoms with Crippen molar-refractivity contribution in [3.63, 3.8) is 0 Å². The zero-order valence-electron chi connectivity index (χ0n) is 12.6. The monoisotopic (exact) mass is 288 g/mol. The molecule has 0 saturated heterocycles. The molecule has 0 aliphatic rings. The normalized spacial score (nSPS) is 11.2. The van der Waals surface area contributed by atoms with Gasteiger partial charge in [0.2, 0.25) is 0 Å². The summed E-state index contributed by atoms with van der Waals surface area (Å²) in [6.07, 6.45) is 0. The Morgan fingerprint density at radius 1 is 0.864 bits per heavy atom. The summed E-state index contributed by atoms with van der Waals surface area (Å²) in [5, 5.41) is 8.13. The molecule has 108 valence electrons. The summed E-state index contributed by atoms with van der Waals surface area (Å²) in [4.78, 5) is 0. The van der Waals surface area contributed by atoms with Crippen molar-refractivity contribution in [1.29, 1.82) is 0 Å². The fraction of sp³-hybridized carbons (Fsp3) is 0.105. The molecule has 0 saturated carbocycles. The molecule has 0 fully saturated rings. The first-order valence-corrected chi connectivity index (χ1v) is 7.30. The van der Waals surface area contributed by atoms with Gasteiger partial charge in [-0.05, 0) is 25.1 Å². The molecule has 0 unspecified atom stereocenters. The molecule has 0 N–H and O–H groups in total. The van der Waals surface area contributed by atoms with Crippen molar-refractivity contribution >= 4 is 21.7 Å². The minimum atomic E-state index is 0.888. The van der Waals surface area contributed by atoms with Crippen molar-refractivity contribution in [2.24, 2.45) is 0 Å². The first kappa shape index (κ1) is 12.9. The van der Waals surface area contributed by atoms with E-state index in [0.29, 0.717) is 0 Å². The number of hydrogen-bond donors (Lipinski definition) is 0. The number of hydrogen-bond acceptors (Lipinski definition) is 2. The summed E-state index contributed by atoms with van der Waals surface area (Å²) >= 11 is 0. The maximum absolute atomic E-state index is 5.57. The second-order valence-corrected chi connectivity index (χ2v) is 5.35. The van der Waals surface area contributed by atoms with Gasteiger partial charge in [0.25, 0.3) is 0 Å². The van der Waals surface area contributed by atoms with Crippen LogP contribution >= 0.6 is 0 Å². The van der Waals surface area contributed by atoms with E-state index >= 15 is 0 Å². The Morgan fingerprint density at radius 3 is 2.27 bits per heavy atom. The molecule has 0 bridgehead atoms. The summed E-state index contributed by atoms with van der Waals surface area (Å²) in [5.74, 6) is 0.888. The van der Waals surface area contributed by atoms with Gasteiger partial charge in [0.15, 0.2) is 0 Å². The van der Waals surface area contributed by atoms with E-state index < -0.39 is 0 Å². The van der Waals surface area contributed by atoms with E-state index in [-0.39, 0.29) is 0 Å². The van der Waals surface area contributed by atoms with Crippen molar-refractivity contribution in [2.75, 3.05) is 7.11 Å². The van der Waals surface area contributed by atoms with Crippen LogP contribution in [-0.4, -0.2) is 16.9 Å². The van der Waals surface area contributed by atoms with E-state index in [0.717, 1.165) is 38.8 Å². The number of benzene rings is 3. The van der Waals surface area contributed by atoms with Crippen LogP contribution in [0.15, 0.2) is 60.7 Å². The Bertz CT molecular complexity index is 971. The van der Waals surface area contributed by atoms with Gasteiger partial charge in [-0.3, -0.25) is 0 Å². The average Bonchev–Trinajstić information content (AvgIpc) is 2.92.